The second-order valence-electron chi connectivity index (χ2n) is 5.91. The van der Waals surface area contributed by atoms with Crippen molar-refractivity contribution in [3.63, 3.8) is 0 Å². The standard InChI is InChI=1S/C18H18ClN3O4S2/c1-12-10-15(26-2)13(19)11-17(12)28(24,25)20-7-8-22-18(23)6-5-14(21-22)16-4-3-9-27-16/h3-6,9-11,20H,7-8H2,1-2H3. The summed E-state index contributed by atoms with van der Waals surface area (Å²) in [6.07, 6.45) is 0. The Morgan fingerprint density at radius 1 is 1.29 bits per heavy atom. The molecule has 1 aromatic carbocycles. The van der Waals surface area contributed by atoms with Crippen LogP contribution in [-0.2, 0) is 16.6 Å². The minimum Gasteiger partial charge on any atom is -0.495 e. The quantitative estimate of drug-likeness (QED) is 0.611. The van der Waals surface area contributed by atoms with Gasteiger partial charge in [-0.1, -0.05) is 17.7 Å². The number of hydrogen-bond acceptors (Lipinski definition) is 6. The highest BCUT2D eigenvalue weighted by atomic mass is 35.5. The summed E-state index contributed by atoms with van der Waals surface area (Å²) < 4.78 is 34.1. The van der Waals surface area contributed by atoms with Crippen LogP contribution in [0.15, 0.2) is 51.5 Å². The van der Waals surface area contributed by atoms with Crippen LogP contribution >= 0.6 is 22.9 Å². The van der Waals surface area contributed by atoms with Crippen molar-refractivity contribution in [3.05, 3.63) is 62.7 Å². The number of thiophene rings is 1. The summed E-state index contributed by atoms with van der Waals surface area (Å²) in [7, 11) is -2.35. The number of nitrogens with one attached hydrogen (secondary N) is 1. The maximum atomic E-state index is 12.6. The van der Waals surface area contributed by atoms with Crippen LogP contribution in [0.3, 0.4) is 0 Å². The summed E-state index contributed by atoms with van der Waals surface area (Å²) in [6, 6.07) is 9.78. The largest absolute Gasteiger partial charge is 0.495 e. The Balaban J connectivity index is 1.75. The van der Waals surface area contributed by atoms with E-state index in [4.69, 9.17) is 16.3 Å². The molecule has 2 aromatic heterocycles. The Labute approximate surface area is 171 Å². The molecule has 0 saturated carbocycles. The third kappa shape index (κ3) is 4.44. The lowest BCUT2D eigenvalue weighted by molar-refractivity contribution is 0.414. The van der Waals surface area contributed by atoms with E-state index >= 15 is 0 Å². The first-order chi connectivity index (χ1) is 13.3. The van der Waals surface area contributed by atoms with Gasteiger partial charge in [-0.2, -0.15) is 5.10 Å². The van der Waals surface area contributed by atoms with Crippen molar-refractivity contribution < 1.29 is 13.2 Å². The van der Waals surface area contributed by atoms with Crippen LogP contribution in [-0.4, -0.2) is 31.9 Å². The minimum absolute atomic E-state index is 0.00617. The topological polar surface area (TPSA) is 90.3 Å². The van der Waals surface area contributed by atoms with Crippen LogP contribution in [0.2, 0.25) is 5.02 Å². The van der Waals surface area contributed by atoms with Crippen molar-refractivity contribution in [1.29, 1.82) is 0 Å². The van der Waals surface area contributed by atoms with E-state index in [9.17, 15) is 13.2 Å². The van der Waals surface area contributed by atoms with Crippen molar-refractivity contribution >= 4 is 33.0 Å². The predicted molar refractivity (Wildman–Crippen MR) is 110 cm³/mol. The third-order valence-electron chi connectivity index (χ3n) is 3.99. The molecule has 0 radical (unpaired) electrons. The van der Waals surface area contributed by atoms with Crippen molar-refractivity contribution in [2.24, 2.45) is 0 Å². The molecular formula is C18H18ClN3O4S2. The molecule has 28 heavy (non-hydrogen) atoms. The summed E-state index contributed by atoms with van der Waals surface area (Å²) in [5.41, 5.74) is 0.863. The minimum atomic E-state index is -3.81. The number of ether oxygens (including phenoxy) is 1. The van der Waals surface area contributed by atoms with Crippen LogP contribution in [0.1, 0.15) is 5.56 Å². The molecule has 1 N–H and O–H groups in total. The monoisotopic (exact) mass is 439 g/mol. The molecule has 0 bridgehead atoms. The maximum absolute atomic E-state index is 12.6. The Bertz CT molecular complexity index is 1140. The van der Waals surface area contributed by atoms with Gasteiger partial charge in [-0.25, -0.2) is 17.8 Å². The van der Waals surface area contributed by atoms with Crippen LogP contribution in [0.25, 0.3) is 10.6 Å². The van der Waals surface area contributed by atoms with Gasteiger partial charge in [0.25, 0.3) is 5.56 Å². The van der Waals surface area contributed by atoms with Gasteiger partial charge in [0.1, 0.15) is 11.4 Å². The van der Waals surface area contributed by atoms with Gasteiger partial charge >= 0.3 is 0 Å². The Hall–Kier alpha value is -2.20. The Morgan fingerprint density at radius 2 is 2.07 bits per heavy atom. The average molecular weight is 440 g/mol. The highest BCUT2D eigenvalue weighted by Gasteiger charge is 2.19. The average Bonchev–Trinajstić information content (AvgIpc) is 3.19. The molecule has 3 aromatic rings. The molecule has 7 nitrogen and oxygen atoms in total. The predicted octanol–water partition coefficient (Wildman–Crippen LogP) is 2.92. The molecule has 0 atom stereocenters. The molecule has 0 fully saturated rings. The molecule has 0 spiro atoms. The zero-order valence-corrected chi connectivity index (χ0v) is 17.6. The Kier molecular flexibility index (Phi) is 6.19. The normalized spacial score (nSPS) is 11.5. The van der Waals surface area contributed by atoms with Crippen LogP contribution in [0.5, 0.6) is 5.75 Å². The fourth-order valence-electron chi connectivity index (χ4n) is 2.61. The zero-order valence-electron chi connectivity index (χ0n) is 15.2. The van der Waals surface area contributed by atoms with Crippen molar-refractivity contribution in [1.82, 2.24) is 14.5 Å². The van der Waals surface area contributed by atoms with Crippen LogP contribution in [0, 0.1) is 6.92 Å². The van der Waals surface area contributed by atoms with E-state index in [2.05, 4.69) is 9.82 Å². The van der Waals surface area contributed by atoms with Gasteiger partial charge < -0.3 is 4.74 Å². The van der Waals surface area contributed by atoms with E-state index < -0.39 is 10.0 Å². The van der Waals surface area contributed by atoms with E-state index in [1.807, 2.05) is 17.5 Å². The zero-order chi connectivity index (χ0) is 20.3. The first kappa shape index (κ1) is 20.5. The summed E-state index contributed by atoms with van der Waals surface area (Å²) >= 11 is 7.56. The van der Waals surface area contributed by atoms with Gasteiger partial charge in [0.15, 0.2) is 0 Å². The summed E-state index contributed by atoms with van der Waals surface area (Å²) in [6.45, 7) is 1.76. The van der Waals surface area contributed by atoms with Crippen molar-refractivity contribution in [2.45, 2.75) is 18.4 Å². The molecule has 0 saturated heterocycles. The van der Waals surface area contributed by atoms with E-state index in [0.29, 0.717) is 17.0 Å². The molecule has 148 valence electrons. The highest BCUT2D eigenvalue weighted by molar-refractivity contribution is 7.89. The molecule has 0 aliphatic rings. The number of benzene rings is 1. The van der Waals surface area contributed by atoms with E-state index in [0.717, 1.165) is 4.88 Å². The number of aromatic nitrogens is 2. The van der Waals surface area contributed by atoms with E-state index in [-0.39, 0.29) is 28.6 Å². The summed E-state index contributed by atoms with van der Waals surface area (Å²) in [4.78, 5) is 13.0. The Morgan fingerprint density at radius 3 is 2.75 bits per heavy atom. The molecule has 3 rings (SSSR count). The van der Waals surface area contributed by atoms with Crippen LogP contribution in [0.4, 0.5) is 0 Å². The number of hydrogen-bond donors (Lipinski definition) is 1. The van der Waals surface area contributed by atoms with Gasteiger partial charge in [-0.3, -0.25) is 4.79 Å². The first-order valence-electron chi connectivity index (χ1n) is 8.27. The molecule has 10 heteroatoms. The molecule has 0 aliphatic heterocycles. The van der Waals surface area contributed by atoms with E-state index in [1.54, 1.807) is 19.1 Å². The first-order valence-corrected chi connectivity index (χ1v) is 11.0. The number of aryl methyl sites for hydroxylation is 1. The second kappa shape index (κ2) is 8.44. The fraction of sp³-hybridized carbons (Fsp3) is 0.222. The van der Waals surface area contributed by atoms with Crippen LogP contribution < -0.4 is 15.0 Å². The van der Waals surface area contributed by atoms with Crippen molar-refractivity contribution in [2.75, 3.05) is 13.7 Å². The SMILES string of the molecule is COc1cc(C)c(S(=O)(=O)NCCn2nc(-c3cccs3)ccc2=O)cc1Cl. The molecule has 2 heterocycles. The van der Waals surface area contributed by atoms with Gasteiger partial charge in [0.05, 0.1) is 28.4 Å². The second-order valence-corrected chi connectivity index (χ2v) is 9.00. The highest BCUT2D eigenvalue weighted by Crippen LogP contribution is 2.30. The van der Waals surface area contributed by atoms with Gasteiger partial charge in [0, 0.05) is 12.6 Å². The smallest absolute Gasteiger partial charge is 0.266 e. The van der Waals surface area contributed by atoms with Crippen molar-refractivity contribution in [3.8, 4) is 16.3 Å². The van der Waals surface area contributed by atoms with Gasteiger partial charge in [-0.05, 0) is 42.1 Å². The van der Waals surface area contributed by atoms with Gasteiger partial charge in [-0.15, -0.1) is 11.3 Å². The number of sulfonamides is 1. The third-order valence-corrected chi connectivity index (χ3v) is 6.79. The summed E-state index contributed by atoms with van der Waals surface area (Å²) in [5.74, 6) is 0.402. The number of methoxy groups -OCH3 is 1. The maximum Gasteiger partial charge on any atom is 0.266 e. The molecule has 0 amide bonds. The molecular weight excluding hydrogens is 422 g/mol. The lowest BCUT2D eigenvalue weighted by atomic mass is 10.2. The molecule has 0 unspecified atom stereocenters. The summed E-state index contributed by atoms with van der Waals surface area (Å²) in [5, 5.41) is 6.43. The van der Waals surface area contributed by atoms with Gasteiger partial charge in [0.2, 0.25) is 10.0 Å². The number of nitrogens with zero attached hydrogens (tertiary/aromatic N) is 2. The lowest BCUT2D eigenvalue weighted by Crippen LogP contribution is -2.32. The molecule has 0 aliphatic carbocycles. The van der Waals surface area contributed by atoms with E-state index in [1.165, 1.54) is 35.3 Å². The fourth-order valence-corrected chi connectivity index (χ4v) is 4.88. The lowest BCUT2D eigenvalue weighted by Gasteiger charge is -2.12. The number of halogens is 1. The number of rotatable bonds is 7.